The van der Waals surface area contributed by atoms with E-state index in [1.807, 2.05) is 31.2 Å². The normalized spacial score (nSPS) is 18.0. The van der Waals surface area contributed by atoms with Gasteiger partial charge in [-0.3, -0.25) is 14.3 Å². The lowest BCUT2D eigenvalue weighted by atomic mass is 9.82. The van der Waals surface area contributed by atoms with Gasteiger partial charge >= 0.3 is 11.7 Å². The lowest BCUT2D eigenvalue weighted by Crippen LogP contribution is -2.38. The number of hydrogen-bond acceptors (Lipinski definition) is 5. The SMILES string of the molecule is C=CCn1c2c(c(=O)[nH]c1=O)C(c1ccc(C)cc1)C1=C(COC1=O)N2. The van der Waals surface area contributed by atoms with Gasteiger partial charge in [0.25, 0.3) is 5.56 Å². The second-order valence-corrected chi connectivity index (χ2v) is 6.36. The fraction of sp³-hybridized carbons (Fsp3) is 0.211. The van der Waals surface area contributed by atoms with E-state index in [0.29, 0.717) is 22.7 Å². The number of cyclic esters (lactones) is 1. The number of esters is 1. The maximum absolute atomic E-state index is 12.7. The van der Waals surface area contributed by atoms with Crippen molar-refractivity contribution in [2.45, 2.75) is 19.4 Å². The highest BCUT2D eigenvalue weighted by Gasteiger charge is 2.41. The zero-order valence-electron chi connectivity index (χ0n) is 14.2. The number of carbonyl (C=O) groups is 1. The number of H-pyrrole nitrogens is 1. The average molecular weight is 351 g/mol. The monoisotopic (exact) mass is 351 g/mol. The molecular formula is C19H17N3O4. The molecule has 1 aromatic carbocycles. The van der Waals surface area contributed by atoms with E-state index in [0.717, 1.165) is 11.1 Å². The van der Waals surface area contributed by atoms with E-state index in [-0.39, 0.29) is 13.2 Å². The molecule has 7 heteroatoms. The molecule has 2 aliphatic heterocycles. The van der Waals surface area contributed by atoms with Crippen molar-refractivity contribution < 1.29 is 9.53 Å². The van der Waals surface area contributed by atoms with Gasteiger partial charge in [0.2, 0.25) is 0 Å². The smallest absolute Gasteiger partial charge is 0.337 e. The molecule has 0 aliphatic carbocycles. The largest absolute Gasteiger partial charge is 0.456 e. The van der Waals surface area contributed by atoms with Gasteiger partial charge < -0.3 is 10.1 Å². The average Bonchev–Trinajstić information content (AvgIpc) is 2.98. The summed E-state index contributed by atoms with van der Waals surface area (Å²) in [5.41, 5.74) is 2.13. The number of rotatable bonds is 3. The van der Waals surface area contributed by atoms with E-state index in [2.05, 4.69) is 16.9 Å². The lowest BCUT2D eigenvalue weighted by Gasteiger charge is -2.28. The highest BCUT2D eigenvalue weighted by atomic mass is 16.5. The fourth-order valence-electron chi connectivity index (χ4n) is 3.48. The molecule has 1 atom stereocenters. The number of hydrogen-bond donors (Lipinski definition) is 2. The molecule has 1 aromatic heterocycles. The molecule has 0 amide bonds. The number of carbonyl (C=O) groups excluding carboxylic acids is 1. The number of ether oxygens (including phenoxy) is 1. The number of aromatic nitrogens is 2. The Morgan fingerprint density at radius 3 is 2.69 bits per heavy atom. The van der Waals surface area contributed by atoms with E-state index >= 15 is 0 Å². The summed E-state index contributed by atoms with van der Waals surface area (Å²) in [4.78, 5) is 39.6. The van der Waals surface area contributed by atoms with Crippen LogP contribution in [0.1, 0.15) is 22.6 Å². The zero-order chi connectivity index (χ0) is 18.4. The lowest BCUT2D eigenvalue weighted by molar-refractivity contribution is -0.136. The predicted octanol–water partition coefficient (Wildman–Crippen LogP) is 1.40. The summed E-state index contributed by atoms with van der Waals surface area (Å²) in [7, 11) is 0. The first-order valence-electron chi connectivity index (χ1n) is 8.23. The van der Waals surface area contributed by atoms with Gasteiger partial charge in [-0.1, -0.05) is 35.9 Å². The molecule has 2 N–H and O–H groups in total. The summed E-state index contributed by atoms with van der Waals surface area (Å²) in [5.74, 6) is -0.678. The second-order valence-electron chi connectivity index (χ2n) is 6.36. The molecule has 0 saturated carbocycles. The standard InChI is InChI=1S/C19H17N3O4/c1-3-8-22-16-15(17(23)21-19(22)25)13(11-6-4-10(2)5-7-11)14-12(20-16)9-26-18(14)24/h3-7,13,20H,1,8-9H2,2H3,(H,21,23,25). The topological polar surface area (TPSA) is 93.2 Å². The first-order chi connectivity index (χ1) is 12.5. The van der Waals surface area contributed by atoms with Crippen LogP contribution in [0.4, 0.5) is 5.82 Å². The second kappa shape index (κ2) is 5.87. The van der Waals surface area contributed by atoms with Crippen LogP contribution >= 0.6 is 0 Å². The highest BCUT2D eigenvalue weighted by molar-refractivity contribution is 5.96. The van der Waals surface area contributed by atoms with Crippen molar-refractivity contribution in [3.05, 3.63) is 85.7 Å². The van der Waals surface area contributed by atoms with Crippen LogP contribution in [-0.4, -0.2) is 22.1 Å². The minimum absolute atomic E-state index is 0.0883. The number of fused-ring (bicyclic) bond motifs is 1. The molecule has 0 spiro atoms. The number of nitrogens with one attached hydrogen (secondary N) is 2. The Morgan fingerprint density at radius 1 is 1.27 bits per heavy atom. The van der Waals surface area contributed by atoms with E-state index in [1.165, 1.54) is 4.57 Å². The molecule has 132 valence electrons. The minimum Gasteiger partial charge on any atom is -0.456 e. The number of benzene rings is 1. The Bertz CT molecular complexity index is 1070. The van der Waals surface area contributed by atoms with Gasteiger partial charge in [0.1, 0.15) is 12.4 Å². The highest BCUT2D eigenvalue weighted by Crippen LogP contribution is 2.42. The van der Waals surface area contributed by atoms with Crippen molar-refractivity contribution >= 4 is 11.8 Å². The van der Waals surface area contributed by atoms with E-state index in [9.17, 15) is 14.4 Å². The van der Waals surface area contributed by atoms with Gasteiger partial charge in [0.05, 0.1) is 22.8 Å². The van der Waals surface area contributed by atoms with Gasteiger partial charge in [-0.25, -0.2) is 9.59 Å². The van der Waals surface area contributed by atoms with Crippen molar-refractivity contribution in [1.82, 2.24) is 9.55 Å². The van der Waals surface area contributed by atoms with E-state index in [4.69, 9.17) is 4.74 Å². The number of nitrogens with zero attached hydrogens (tertiary/aromatic N) is 1. The molecule has 0 bridgehead atoms. The van der Waals surface area contributed by atoms with Crippen LogP contribution in [0.25, 0.3) is 0 Å². The number of allylic oxidation sites excluding steroid dienone is 1. The summed E-state index contributed by atoms with van der Waals surface area (Å²) in [6.45, 7) is 5.94. The van der Waals surface area contributed by atoms with Gasteiger partial charge in [0.15, 0.2) is 0 Å². The molecule has 3 heterocycles. The summed E-state index contributed by atoms with van der Waals surface area (Å²) in [6.07, 6.45) is 1.57. The Morgan fingerprint density at radius 2 is 2.00 bits per heavy atom. The van der Waals surface area contributed by atoms with Gasteiger partial charge in [-0.2, -0.15) is 0 Å². The Kier molecular flexibility index (Phi) is 3.64. The molecule has 0 saturated heterocycles. The van der Waals surface area contributed by atoms with Crippen molar-refractivity contribution in [3.63, 3.8) is 0 Å². The quantitative estimate of drug-likeness (QED) is 0.644. The maximum atomic E-state index is 12.7. The molecule has 7 nitrogen and oxygen atoms in total. The van der Waals surface area contributed by atoms with Crippen LogP contribution in [0, 0.1) is 6.92 Å². The zero-order valence-corrected chi connectivity index (χ0v) is 14.2. The van der Waals surface area contributed by atoms with Crippen molar-refractivity contribution in [2.24, 2.45) is 0 Å². The molecule has 1 unspecified atom stereocenters. The Hall–Kier alpha value is -3.35. The van der Waals surface area contributed by atoms with Gasteiger partial charge in [-0.15, -0.1) is 6.58 Å². The molecule has 0 fully saturated rings. The molecule has 2 aliphatic rings. The summed E-state index contributed by atoms with van der Waals surface area (Å²) in [5, 5.41) is 3.06. The van der Waals surface area contributed by atoms with Crippen molar-refractivity contribution in [2.75, 3.05) is 11.9 Å². The van der Waals surface area contributed by atoms with Crippen molar-refractivity contribution in [1.29, 1.82) is 0 Å². The van der Waals surface area contributed by atoms with Crippen LogP contribution in [0.15, 0.2) is 57.8 Å². The first-order valence-corrected chi connectivity index (χ1v) is 8.23. The summed E-state index contributed by atoms with van der Waals surface area (Å²) < 4.78 is 6.58. The van der Waals surface area contributed by atoms with Crippen LogP contribution in [-0.2, 0) is 16.1 Å². The number of aryl methyl sites for hydroxylation is 1. The third-order valence-corrected chi connectivity index (χ3v) is 4.70. The van der Waals surface area contributed by atoms with Crippen molar-refractivity contribution in [3.8, 4) is 0 Å². The number of anilines is 1. The molecule has 2 aromatic rings. The Labute approximate surface area is 148 Å². The summed E-state index contributed by atoms with van der Waals surface area (Å²) in [6, 6.07) is 7.61. The molecular weight excluding hydrogens is 334 g/mol. The minimum atomic E-state index is -0.600. The third-order valence-electron chi connectivity index (χ3n) is 4.70. The van der Waals surface area contributed by atoms with Gasteiger partial charge in [-0.05, 0) is 12.5 Å². The van der Waals surface area contributed by atoms with E-state index in [1.54, 1.807) is 6.08 Å². The first kappa shape index (κ1) is 16.1. The van der Waals surface area contributed by atoms with Crippen LogP contribution < -0.4 is 16.6 Å². The van der Waals surface area contributed by atoms with Crippen LogP contribution in [0.2, 0.25) is 0 Å². The summed E-state index contributed by atoms with van der Waals surface area (Å²) >= 11 is 0. The molecule has 0 radical (unpaired) electrons. The fourth-order valence-corrected chi connectivity index (χ4v) is 3.48. The van der Waals surface area contributed by atoms with E-state index < -0.39 is 23.1 Å². The predicted molar refractivity (Wildman–Crippen MR) is 96.1 cm³/mol. The number of aromatic amines is 1. The molecule has 4 rings (SSSR count). The maximum Gasteiger partial charge on any atom is 0.337 e. The van der Waals surface area contributed by atoms with Crippen LogP contribution in [0.3, 0.4) is 0 Å². The van der Waals surface area contributed by atoms with Gasteiger partial charge in [0, 0.05) is 6.54 Å². The Balaban J connectivity index is 2.04. The third kappa shape index (κ3) is 2.32. The van der Waals surface area contributed by atoms with Crippen LogP contribution in [0.5, 0.6) is 0 Å². The molecule has 26 heavy (non-hydrogen) atoms.